The van der Waals surface area contributed by atoms with Crippen LogP contribution in [0, 0.1) is 0 Å². The van der Waals surface area contributed by atoms with Gasteiger partial charge in [0, 0.05) is 0 Å². The molecule has 3 nitrogen and oxygen atoms in total. The van der Waals surface area contributed by atoms with Crippen molar-refractivity contribution in [1.29, 1.82) is 0 Å². The summed E-state index contributed by atoms with van der Waals surface area (Å²) in [5.41, 5.74) is 1.09. The largest absolute Gasteiger partial charge is 2.00 e. The molecule has 0 aliphatic heterocycles. The smallest absolute Gasteiger partial charge is 1.00 e. The molecule has 0 heterocycles. The van der Waals surface area contributed by atoms with Crippen LogP contribution in [0.2, 0.25) is 0 Å². The minimum atomic E-state index is 0. The van der Waals surface area contributed by atoms with Crippen LogP contribution in [0.1, 0.15) is 60.3 Å². The third-order valence-electron chi connectivity index (χ3n) is 3.04. The van der Waals surface area contributed by atoms with Crippen molar-refractivity contribution in [3.05, 3.63) is 29.8 Å². The average Bonchev–Trinajstić information content (AvgIpc) is 2.52. The summed E-state index contributed by atoms with van der Waals surface area (Å²) in [6.07, 6.45) is 10.3. The van der Waals surface area contributed by atoms with E-state index in [4.69, 9.17) is 10.2 Å². The third kappa shape index (κ3) is 18.5. The topological polar surface area (TPSA) is 66.3 Å². The van der Waals surface area contributed by atoms with Gasteiger partial charge in [-0.15, -0.1) is 0 Å². The summed E-state index contributed by atoms with van der Waals surface area (Å²) in [6.45, 7) is 2.25. The predicted octanol–water partition coefficient (Wildman–Crippen LogP) is 2.10. The van der Waals surface area contributed by atoms with E-state index < -0.39 is 0 Å². The number of aromatic hydroxyl groups is 1. The molecule has 1 N–H and O–H groups in total. The van der Waals surface area contributed by atoms with Gasteiger partial charge in [-0.2, -0.15) is 14.2 Å². The van der Waals surface area contributed by atoms with Crippen LogP contribution in [0.4, 0.5) is 0 Å². The molecule has 0 spiro atoms. The fraction of sp³-hybridized carbons (Fsp3) is 0.647. The summed E-state index contributed by atoms with van der Waals surface area (Å²) >= 11 is 0. The number of phenolic OH excluding ortho intramolecular Hbond substituents is 1. The molecular formula is C17H32Mg2O3. The van der Waals surface area contributed by atoms with Crippen LogP contribution in [0.3, 0.4) is 0 Å². The van der Waals surface area contributed by atoms with Crippen molar-refractivity contribution in [1.82, 2.24) is 0 Å². The summed E-state index contributed by atoms with van der Waals surface area (Å²) in [4.78, 5) is 0. The van der Waals surface area contributed by atoms with Crippen molar-refractivity contribution in [2.24, 2.45) is 0 Å². The van der Waals surface area contributed by atoms with Crippen LogP contribution in [0.5, 0.6) is 5.75 Å². The molecule has 0 aliphatic rings. The zero-order chi connectivity index (χ0) is 15.6. The fourth-order valence-corrected chi connectivity index (χ4v) is 1.99. The van der Waals surface area contributed by atoms with Crippen molar-refractivity contribution >= 4 is 46.1 Å². The Balaban J connectivity index is -0.0000000941. The van der Waals surface area contributed by atoms with Gasteiger partial charge in [0.05, 0.1) is 0 Å². The van der Waals surface area contributed by atoms with Gasteiger partial charge in [0.25, 0.3) is 0 Å². The Kier molecular flexibility index (Phi) is 36.4. The van der Waals surface area contributed by atoms with Crippen LogP contribution >= 0.6 is 0 Å². The quantitative estimate of drug-likeness (QED) is 0.585. The summed E-state index contributed by atoms with van der Waals surface area (Å²) in [5, 5.41) is 26.1. The van der Waals surface area contributed by atoms with E-state index in [9.17, 15) is 5.11 Å². The summed E-state index contributed by atoms with van der Waals surface area (Å²) in [6, 6.07) is 7.67. The van der Waals surface area contributed by atoms with Gasteiger partial charge in [-0.3, -0.25) is 0 Å². The molecule has 0 fully saturated rings. The van der Waals surface area contributed by atoms with E-state index in [1.807, 2.05) is 18.2 Å². The number of para-hydroxylation sites is 1. The minimum absolute atomic E-state index is 0. The molecule has 0 aromatic heterocycles. The zero-order valence-electron chi connectivity index (χ0n) is 16.6. The van der Waals surface area contributed by atoms with Gasteiger partial charge in [-0.05, 0) is 24.5 Å². The summed E-state index contributed by atoms with van der Waals surface area (Å²) in [7, 11) is 1.50. The van der Waals surface area contributed by atoms with Gasteiger partial charge in [0.2, 0.25) is 0 Å². The Bertz CT molecular complexity index is 307. The summed E-state index contributed by atoms with van der Waals surface area (Å²) in [5.74, 6) is 0.452. The standard InChI is InChI=1S/C15H24O.2CH3O.2Mg.2H/c1-2-3-4-5-6-7-8-11-14-12-9-10-13-15(14)16;2*1-2;;;;/h9-10,12-13,16H,2-8,11H2,1H3;2*1H3;;;;/q;2*-1;2*+2;2*-1. The first-order valence-electron chi connectivity index (χ1n) is 7.43. The Hall–Kier alpha value is 0.472. The number of unbranched alkanes of at least 4 members (excludes halogenated alkanes) is 6. The fourth-order valence-electron chi connectivity index (χ4n) is 1.99. The van der Waals surface area contributed by atoms with E-state index in [-0.39, 0.29) is 49.0 Å². The molecular weight excluding hydrogens is 301 g/mol. The maximum Gasteiger partial charge on any atom is 2.00 e. The number of aryl methyl sites for hydroxylation is 1. The molecule has 0 bridgehead atoms. The van der Waals surface area contributed by atoms with E-state index in [0.717, 1.165) is 26.2 Å². The second-order valence-electron chi connectivity index (χ2n) is 4.50. The maximum atomic E-state index is 9.58. The Morgan fingerprint density at radius 3 is 1.77 bits per heavy atom. The van der Waals surface area contributed by atoms with Crippen LogP contribution in [0.25, 0.3) is 0 Å². The number of benzene rings is 1. The Morgan fingerprint density at radius 2 is 1.27 bits per heavy atom. The first-order chi connectivity index (χ1) is 9.84. The third-order valence-corrected chi connectivity index (χ3v) is 3.04. The number of hydrogen-bond acceptors (Lipinski definition) is 3. The van der Waals surface area contributed by atoms with E-state index in [0.29, 0.717) is 5.75 Å². The van der Waals surface area contributed by atoms with Gasteiger partial charge in [0.1, 0.15) is 5.75 Å². The van der Waals surface area contributed by atoms with E-state index in [2.05, 4.69) is 6.92 Å². The second kappa shape index (κ2) is 26.4. The van der Waals surface area contributed by atoms with Crippen LogP contribution in [0.15, 0.2) is 24.3 Å². The summed E-state index contributed by atoms with van der Waals surface area (Å²) < 4.78 is 0. The van der Waals surface area contributed by atoms with Gasteiger partial charge in [0.15, 0.2) is 0 Å². The molecule has 0 saturated carbocycles. The van der Waals surface area contributed by atoms with Crippen LogP contribution in [-0.2, 0) is 6.42 Å². The van der Waals surface area contributed by atoms with E-state index in [1.54, 1.807) is 6.07 Å². The average molecular weight is 333 g/mol. The minimum Gasteiger partial charge on any atom is -1.00 e. The first-order valence-corrected chi connectivity index (χ1v) is 7.43. The SMILES string of the molecule is CCCCCCCCCc1ccccc1O.C[O-].C[O-].[H-].[H-].[Mg+2].[Mg+2]. The molecule has 1 aromatic rings. The molecule has 0 atom stereocenters. The Labute approximate surface area is 171 Å². The van der Waals surface area contributed by atoms with E-state index >= 15 is 0 Å². The van der Waals surface area contributed by atoms with Crippen molar-refractivity contribution in [3.8, 4) is 5.75 Å². The molecule has 1 aromatic carbocycles. The molecule has 5 heteroatoms. The van der Waals surface area contributed by atoms with Crippen LogP contribution in [-0.4, -0.2) is 65.4 Å². The molecule has 22 heavy (non-hydrogen) atoms. The molecule has 0 amide bonds. The monoisotopic (exact) mass is 332 g/mol. The number of hydrogen-bond donors (Lipinski definition) is 1. The van der Waals surface area contributed by atoms with Crippen molar-refractivity contribution in [3.63, 3.8) is 0 Å². The van der Waals surface area contributed by atoms with Gasteiger partial charge in [-0.25, -0.2) is 0 Å². The molecule has 1 rings (SSSR count). The first kappa shape index (κ1) is 30.4. The zero-order valence-corrected chi connectivity index (χ0v) is 17.5. The van der Waals surface area contributed by atoms with Crippen LogP contribution < -0.4 is 10.2 Å². The van der Waals surface area contributed by atoms with Gasteiger partial charge in [-0.1, -0.05) is 63.6 Å². The molecule has 0 saturated heterocycles. The van der Waals surface area contributed by atoms with Gasteiger partial charge >= 0.3 is 46.1 Å². The maximum absolute atomic E-state index is 9.58. The number of phenols is 1. The molecule has 0 aliphatic carbocycles. The van der Waals surface area contributed by atoms with Crippen molar-refractivity contribution in [2.45, 2.75) is 58.3 Å². The molecule has 0 unspecified atom stereocenters. The van der Waals surface area contributed by atoms with Crippen molar-refractivity contribution in [2.75, 3.05) is 14.2 Å². The molecule has 0 radical (unpaired) electrons. The number of rotatable bonds is 8. The Morgan fingerprint density at radius 1 is 0.818 bits per heavy atom. The van der Waals surface area contributed by atoms with E-state index in [1.165, 1.54) is 44.9 Å². The van der Waals surface area contributed by atoms with Crippen molar-refractivity contribution < 1.29 is 18.2 Å². The normalized spacial score (nSPS) is 8.23. The second-order valence-corrected chi connectivity index (χ2v) is 4.50. The van der Waals surface area contributed by atoms with Gasteiger partial charge < -0.3 is 18.2 Å². The molecule has 122 valence electrons. The predicted molar refractivity (Wildman–Crippen MR) is 95.4 cm³/mol.